The highest BCUT2D eigenvalue weighted by Crippen LogP contribution is 2.37. The molecule has 10 nitrogen and oxygen atoms in total. The molecule has 0 saturated heterocycles. The molecule has 1 atom stereocenters. The molecule has 3 aromatic carbocycles. The second-order valence-corrected chi connectivity index (χ2v) is 11.0. The Kier molecular flexibility index (Phi) is 10.8. The Morgan fingerprint density at radius 1 is 1.00 bits per heavy atom. The third kappa shape index (κ3) is 7.61. The van der Waals surface area contributed by atoms with Crippen LogP contribution in [0, 0.1) is 22.7 Å². The summed E-state index contributed by atoms with van der Waals surface area (Å²) in [4.78, 5) is 17.2. The van der Waals surface area contributed by atoms with Gasteiger partial charge in [-0.15, -0.1) is 12.4 Å². The van der Waals surface area contributed by atoms with Crippen LogP contribution in [0.25, 0.3) is 22.8 Å². The number of nitrogens with zero attached hydrogens (tertiary/aromatic N) is 4. The van der Waals surface area contributed by atoms with Gasteiger partial charge in [0.1, 0.15) is 30.2 Å². The molecule has 1 heterocycles. The maximum absolute atomic E-state index is 12.6. The standard InChI is InChI=1S/C34H33N5O5.ClH/c1-20(2)42-30-12-8-22(16-24(30)18-35)33-38-32(39-44-33)28-7-5-6-27-26(28)10-11-29(27)37-14-15-41-34(40)23-9-13-31(43-21(3)4)25(17-23)19-36;/h5-9,12-13,16-17,20-21,29,37H,10-11,14-15H2,1-4H3;1H/t29-;/m0./s1. The zero-order chi connectivity index (χ0) is 31.2. The molecule has 45 heavy (non-hydrogen) atoms. The fourth-order valence-electron chi connectivity index (χ4n) is 5.19. The van der Waals surface area contributed by atoms with Gasteiger partial charge in [-0.2, -0.15) is 15.5 Å². The average Bonchev–Trinajstić information content (AvgIpc) is 3.67. The van der Waals surface area contributed by atoms with Crippen LogP contribution in [0.3, 0.4) is 0 Å². The van der Waals surface area contributed by atoms with E-state index in [1.165, 1.54) is 6.07 Å². The minimum atomic E-state index is -0.495. The predicted molar refractivity (Wildman–Crippen MR) is 169 cm³/mol. The number of nitriles is 2. The van der Waals surface area contributed by atoms with Crippen LogP contribution in [0.2, 0.25) is 0 Å². The largest absolute Gasteiger partial charge is 0.490 e. The van der Waals surface area contributed by atoms with Gasteiger partial charge in [0.2, 0.25) is 5.82 Å². The number of nitrogens with one attached hydrogen (secondary N) is 1. The van der Waals surface area contributed by atoms with Gasteiger partial charge in [-0.3, -0.25) is 0 Å². The fourth-order valence-corrected chi connectivity index (χ4v) is 5.19. The number of rotatable bonds is 11. The van der Waals surface area contributed by atoms with E-state index in [-0.39, 0.29) is 37.3 Å². The molecule has 4 aromatic rings. The van der Waals surface area contributed by atoms with E-state index < -0.39 is 5.97 Å². The van der Waals surface area contributed by atoms with Crippen molar-refractivity contribution in [1.29, 1.82) is 10.5 Å². The van der Waals surface area contributed by atoms with Crippen molar-refractivity contribution < 1.29 is 23.5 Å². The maximum atomic E-state index is 12.6. The number of halogens is 1. The lowest BCUT2D eigenvalue weighted by molar-refractivity contribution is 0.0505. The lowest BCUT2D eigenvalue weighted by atomic mass is 10.0. The molecule has 0 spiro atoms. The number of aromatic nitrogens is 2. The number of carbonyl (C=O) groups is 1. The summed E-state index contributed by atoms with van der Waals surface area (Å²) in [5.74, 6) is 1.26. The topological polar surface area (TPSA) is 143 Å². The van der Waals surface area contributed by atoms with Gasteiger partial charge in [0.15, 0.2) is 0 Å². The number of esters is 1. The second kappa shape index (κ2) is 14.7. The van der Waals surface area contributed by atoms with Crippen molar-refractivity contribution in [3.05, 3.63) is 82.4 Å². The molecule has 1 aliphatic carbocycles. The van der Waals surface area contributed by atoms with Crippen LogP contribution in [0.15, 0.2) is 59.1 Å². The monoisotopic (exact) mass is 627 g/mol. The number of ether oxygens (including phenoxy) is 3. The summed E-state index contributed by atoms with van der Waals surface area (Å²) in [6.07, 6.45) is 1.56. The molecule has 0 radical (unpaired) electrons. The zero-order valence-corrected chi connectivity index (χ0v) is 26.3. The normalized spacial score (nSPS) is 13.5. The third-order valence-electron chi connectivity index (χ3n) is 7.07. The first-order chi connectivity index (χ1) is 21.3. The molecule has 1 aromatic heterocycles. The SMILES string of the molecule is CC(C)Oc1ccc(C(=O)OCCN[C@H]2CCc3c(-c4noc(-c5ccc(OC(C)C)c(C#N)c5)n4)cccc32)cc1C#N.Cl. The molecule has 0 bridgehead atoms. The van der Waals surface area contributed by atoms with E-state index in [0.29, 0.717) is 52.0 Å². The van der Waals surface area contributed by atoms with Crippen molar-refractivity contribution in [2.75, 3.05) is 13.2 Å². The lowest BCUT2D eigenvalue weighted by Crippen LogP contribution is -2.25. The highest BCUT2D eigenvalue weighted by Gasteiger charge is 2.26. The minimum Gasteiger partial charge on any atom is -0.490 e. The van der Waals surface area contributed by atoms with E-state index >= 15 is 0 Å². The van der Waals surface area contributed by atoms with Crippen molar-refractivity contribution >= 4 is 18.4 Å². The number of hydrogen-bond donors (Lipinski definition) is 1. The summed E-state index contributed by atoms with van der Waals surface area (Å²) in [6, 6.07) is 20.3. The Balaban J connectivity index is 0.00000461. The van der Waals surface area contributed by atoms with Crippen LogP contribution in [-0.2, 0) is 11.2 Å². The molecule has 1 N–H and O–H groups in total. The van der Waals surface area contributed by atoms with Gasteiger partial charge in [0.05, 0.1) is 28.9 Å². The first-order valence-corrected chi connectivity index (χ1v) is 14.6. The van der Waals surface area contributed by atoms with Gasteiger partial charge in [-0.1, -0.05) is 23.4 Å². The summed E-state index contributed by atoms with van der Waals surface area (Å²) in [5, 5.41) is 26.7. The summed E-state index contributed by atoms with van der Waals surface area (Å²) < 4.78 is 22.4. The molecular weight excluding hydrogens is 594 g/mol. The Hall–Kier alpha value is -4.90. The van der Waals surface area contributed by atoms with Crippen LogP contribution >= 0.6 is 12.4 Å². The Bertz CT molecular complexity index is 1750. The highest BCUT2D eigenvalue weighted by atomic mass is 35.5. The van der Waals surface area contributed by atoms with Crippen LogP contribution in [0.1, 0.15) is 72.8 Å². The zero-order valence-electron chi connectivity index (χ0n) is 25.5. The second-order valence-electron chi connectivity index (χ2n) is 11.0. The van der Waals surface area contributed by atoms with Crippen LogP contribution in [0.4, 0.5) is 0 Å². The molecule has 11 heteroatoms. The van der Waals surface area contributed by atoms with Crippen molar-refractivity contribution in [1.82, 2.24) is 15.5 Å². The van der Waals surface area contributed by atoms with Crippen molar-refractivity contribution in [2.24, 2.45) is 0 Å². The average molecular weight is 628 g/mol. The van der Waals surface area contributed by atoms with Gasteiger partial charge in [0, 0.05) is 23.7 Å². The van der Waals surface area contributed by atoms with Crippen LogP contribution in [-0.4, -0.2) is 41.5 Å². The summed E-state index contributed by atoms with van der Waals surface area (Å²) >= 11 is 0. The summed E-state index contributed by atoms with van der Waals surface area (Å²) in [5.41, 5.74) is 4.81. The van der Waals surface area contributed by atoms with Gasteiger partial charge in [-0.25, -0.2) is 4.79 Å². The van der Waals surface area contributed by atoms with Crippen LogP contribution < -0.4 is 14.8 Å². The molecule has 0 amide bonds. The predicted octanol–water partition coefficient (Wildman–Crippen LogP) is 6.58. The molecule has 232 valence electrons. The van der Waals surface area contributed by atoms with Gasteiger partial charge >= 0.3 is 5.97 Å². The summed E-state index contributed by atoms with van der Waals surface area (Å²) in [6.45, 7) is 8.20. The van der Waals surface area contributed by atoms with E-state index in [2.05, 4.69) is 33.7 Å². The molecular formula is C34H34ClN5O5. The Labute approximate surface area is 268 Å². The fraction of sp³-hybridized carbons (Fsp3) is 0.324. The molecule has 5 rings (SSSR count). The molecule has 0 aliphatic heterocycles. The maximum Gasteiger partial charge on any atom is 0.338 e. The lowest BCUT2D eigenvalue weighted by Gasteiger charge is -2.15. The highest BCUT2D eigenvalue weighted by molar-refractivity contribution is 5.90. The van der Waals surface area contributed by atoms with Crippen molar-refractivity contribution in [2.45, 2.75) is 58.8 Å². The number of hydrogen-bond acceptors (Lipinski definition) is 10. The van der Waals surface area contributed by atoms with Crippen molar-refractivity contribution in [3.8, 4) is 46.5 Å². The molecule has 0 saturated carbocycles. The first kappa shape index (κ1) is 33.0. The van der Waals surface area contributed by atoms with E-state index in [1.54, 1.807) is 30.3 Å². The first-order valence-electron chi connectivity index (χ1n) is 14.6. The van der Waals surface area contributed by atoms with E-state index in [0.717, 1.165) is 29.5 Å². The Morgan fingerprint density at radius 3 is 2.38 bits per heavy atom. The molecule has 0 unspecified atom stereocenters. The Morgan fingerprint density at radius 2 is 1.69 bits per heavy atom. The van der Waals surface area contributed by atoms with Gasteiger partial charge in [-0.05, 0) is 88.1 Å². The van der Waals surface area contributed by atoms with Crippen molar-refractivity contribution in [3.63, 3.8) is 0 Å². The van der Waals surface area contributed by atoms with E-state index in [9.17, 15) is 15.3 Å². The molecule has 1 aliphatic rings. The number of fused-ring (bicyclic) bond motifs is 1. The van der Waals surface area contributed by atoms with E-state index in [1.807, 2.05) is 39.8 Å². The minimum absolute atomic E-state index is 0. The molecule has 0 fully saturated rings. The third-order valence-corrected chi connectivity index (χ3v) is 7.07. The quantitative estimate of drug-likeness (QED) is 0.143. The van der Waals surface area contributed by atoms with E-state index in [4.69, 9.17) is 18.7 Å². The van der Waals surface area contributed by atoms with Gasteiger partial charge in [0.25, 0.3) is 5.89 Å². The number of carbonyl (C=O) groups excluding carboxylic acids is 1. The summed E-state index contributed by atoms with van der Waals surface area (Å²) in [7, 11) is 0. The number of benzene rings is 3. The smallest absolute Gasteiger partial charge is 0.338 e. The van der Waals surface area contributed by atoms with Gasteiger partial charge < -0.3 is 24.1 Å². The van der Waals surface area contributed by atoms with Crippen LogP contribution in [0.5, 0.6) is 11.5 Å².